The van der Waals surface area contributed by atoms with E-state index in [2.05, 4.69) is 17.0 Å². The maximum atomic E-state index is 10.2. The van der Waals surface area contributed by atoms with E-state index in [4.69, 9.17) is 0 Å². The Morgan fingerprint density at radius 3 is 2.89 bits per heavy atom. The molecule has 0 radical (unpaired) electrons. The summed E-state index contributed by atoms with van der Waals surface area (Å²) >= 11 is 0. The molecule has 0 fully saturated rings. The van der Waals surface area contributed by atoms with E-state index in [-0.39, 0.29) is 0 Å². The van der Waals surface area contributed by atoms with Crippen LogP contribution in [0.1, 0.15) is 37.3 Å². The Balaban J connectivity index is 1.95. The van der Waals surface area contributed by atoms with Crippen LogP contribution in [0.3, 0.4) is 0 Å². The van der Waals surface area contributed by atoms with Gasteiger partial charge in [-0.2, -0.15) is 5.10 Å². The van der Waals surface area contributed by atoms with Crippen molar-refractivity contribution >= 4 is 0 Å². The number of aromatic nitrogens is 3. The van der Waals surface area contributed by atoms with Crippen LogP contribution in [-0.4, -0.2) is 19.9 Å². The third-order valence-electron chi connectivity index (χ3n) is 2.93. The molecule has 1 unspecified atom stereocenters. The molecular formula is C14H19N3O. The van der Waals surface area contributed by atoms with Gasteiger partial charge in [-0.1, -0.05) is 13.0 Å². The fourth-order valence-electron chi connectivity index (χ4n) is 2.00. The summed E-state index contributed by atoms with van der Waals surface area (Å²) in [6, 6.07) is 7.74. The Kier molecular flexibility index (Phi) is 4.47. The zero-order valence-electron chi connectivity index (χ0n) is 10.7. The van der Waals surface area contributed by atoms with Crippen molar-refractivity contribution in [3.05, 3.63) is 48.0 Å². The lowest BCUT2D eigenvalue weighted by atomic mass is 10.1. The minimum atomic E-state index is -0.471. The molecule has 96 valence electrons. The number of aryl methyl sites for hydroxylation is 2. The number of nitrogens with zero attached hydrogens (tertiary/aromatic N) is 3. The summed E-state index contributed by atoms with van der Waals surface area (Å²) in [5.41, 5.74) is 1.91. The van der Waals surface area contributed by atoms with E-state index in [1.54, 1.807) is 12.4 Å². The number of hydrogen-bond donors (Lipinski definition) is 1. The molecule has 0 aliphatic heterocycles. The van der Waals surface area contributed by atoms with Crippen molar-refractivity contribution in [1.82, 2.24) is 14.8 Å². The van der Waals surface area contributed by atoms with Gasteiger partial charge in [-0.05, 0) is 37.5 Å². The van der Waals surface area contributed by atoms with Gasteiger partial charge < -0.3 is 5.11 Å². The molecule has 4 nitrogen and oxygen atoms in total. The highest BCUT2D eigenvalue weighted by Crippen LogP contribution is 2.18. The molecule has 0 saturated heterocycles. The molecule has 4 heteroatoms. The fourth-order valence-corrected chi connectivity index (χ4v) is 2.00. The quantitative estimate of drug-likeness (QED) is 0.850. The molecule has 2 aromatic rings. The van der Waals surface area contributed by atoms with Gasteiger partial charge in [0.25, 0.3) is 0 Å². The van der Waals surface area contributed by atoms with Gasteiger partial charge in [-0.15, -0.1) is 0 Å². The summed E-state index contributed by atoms with van der Waals surface area (Å²) in [4.78, 5) is 4.26. The highest BCUT2D eigenvalue weighted by atomic mass is 16.3. The average molecular weight is 245 g/mol. The highest BCUT2D eigenvalue weighted by molar-refractivity contribution is 5.07. The van der Waals surface area contributed by atoms with Crippen LogP contribution < -0.4 is 0 Å². The van der Waals surface area contributed by atoms with Crippen molar-refractivity contribution in [1.29, 1.82) is 0 Å². The second-order valence-electron chi connectivity index (χ2n) is 4.35. The van der Waals surface area contributed by atoms with Crippen molar-refractivity contribution in [3.63, 3.8) is 0 Å². The summed E-state index contributed by atoms with van der Waals surface area (Å²) < 4.78 is 1.88. The molecule has 2 heterocycles. The zero-order chi connectivity index (χ0) is 12.8. The molecule has 0 bridgehead atoms. The van der Waals surface area contributed by atoms with Crippen LogP contribution in [0.25, 0.3) is 0 Å². The molecule has 0 aliphatic rings. The van der Waals surface area contributed by atoms with Crippen molar-refractivity contribution in [2.45, 2.75) is 38.8 Å². The number of aliphatic hydroxyl groups excluding tert-OH is 1. The van der Waals surface area contributed by atoms with Crippen LogP contribution in [0.4, 0.5) is 0 Å². The first-order valence-electron chi connectivity index (χ1n) is 6.41. The number of aliphatic hydroxyl groups is 1. The van der Waals surface area contributed by atoms with Gasteiger partial charge >= 0.3 is 0 Å². The summed E-state index contributed by atoms with van der Waals surface area (Å²) in [6.45, 7) is 2.95. The molecule has 1 N–H and O–H groups in total. The molecule has 2 aromatic heterocycles. The predicted octanol–water partition coefficient (Wildman–Crippen LogP) is 2.35. The van der Waals surface area contributed by atoms with Crippen molar-refractivity contribution in [2.24, 2.45) is 0 Å². The van der Waals surface area contributed by atoms with Crippen molar-refractivity contribution in [2.75, 3.05) is 0 Å². The molecular weight excluding hydrogens is 226 g/mol. The molecule has 0 spiro atoms. The van der Waals surface area contributed by atoms with E-state index in [9.17, 15) is 5.11 Å². The number of rotatable bonds is 6. The number of hydrogen-bond acceptors (Lipinski definition) is 3. The van der Waals surface area contributed by atoms with E-state index in [1.165, 1.54) is 0 Å². The lowest BCUT2D eigenvalue weighted by molar-refractivity contribution is 0.156. The first-order chi connectivity index (χ1) is 8.81. The Hall–Kier alpha value is -1.68. The Morgan fingerprint density at radius 2 is 2.17 bits per heavy atom. The maximum Gasteiger partial charge on any atom is 0.0960 e. The van der Waals surface area contributed by atoms with Crippen LogP contribution >= 0.6 is 0 Å². The SMILES string of the molecule is CCCn1nccc1C(O)CCc1ccccn1. The van der Waals surface area contributed by atoms with Crippen LogP contribution in [0, 0.1) is 0 Å². The van der Waals surface area contributed by atoms with E-state index < -0.39 is 6.10 Å². The first-order valence-corrected chi connectivity index (χ1v) is 6.41. The van der Waals surface area contributed by atoms with E-state index in [0.29, 0.717) is 6.42 Å². The van der Waals surface area contributed by atoms with E-state index in [1.807, 2.05) is 28.9 Å². The number of pyridine rings is 1. The van der Waals surface area contributed by atoms with Gasteiger partial charge in [0.2, 0.25) is 0 Å². The normalized spacial score (nSPS) is 12.6. The minimum absolute atomic E-state index is 0.471. The Labute approximate surface area is 107 Å². The standard InChI is InChI=1S/C14H19N3O/c1-2-11-17-13(8-10-16-17)14(18)7-6-12-5-3-4-9-15-12/h3-5,8-10,14,18H,2,6-7,11H2,1H3. The molecule has 18 heavy (non-hydrogen) atoms. The zero-order valence-corrected chi connectivity index (χ0v) is 10.7. The largest absolute Gasteiger partial charge is 0.387 e. The van der Waals surface area contributed by atoms with Gasteiger partial charge in [-0.25, -0.2) is 0 Å². The molecule has 1 atom stereocenters. The summed E-state index contributed by atoms with van der Waals surface area (Å²) in [6.07, 6.45) is 5.52. The second kappa shape index (κ2) is 6.31. The lowest BCUT2D eigenvalue weighted by Gasteiger charge is -2.12. The second-order valence-corrected chi connectivity index (χ2v) is 4.35. The van der Waals surface area contributed by atoms with Gasteiger partial charge in [0.05, 0.1) is 11.8 Å². The Morgan fingerprint density at radius 1 is 1.28 bits per heavy atom. The third kappa shape index (κ3) is 3.17. The first kappa shape index (κ1) is 12.8. The van der Waals surface area contributed by atoms with Crippen LogP contribution in [0.15, 0.2) is 36.7 Å². The van der Waals surface area contributed by atoms with E-state index in [0.717, 1.165) is 30.8 Å². The molecule has 2 rings (SSSR count). The van der Waals surface area contributed by atoms with Crippen LogP contribution in [0.2, 0.25) is 0 Å². The van der Waals surface area contributed by atoms with Crippen LogP contribution in [0.5, 0.6) is 0 Å². The predicted molar refractivity (Wildman–Crippen MR) is 70.0 cm³/mol. The highest BCUT2D eigenvalue weighted by Gasteiger charge is 2.12. The monoisotopic (exact) mass is 245 g/mol. The van der Waals surface area contributed by atoms with E-state index >= 15 is 0 Å². The molecule has 0 saturated carbocycles. The lowest BCUT2D eigenvalue weighted by Crippen LogP contribution is -2.10. The van der Waals surface area contributed by atoms with Gasteiger partial charge in [0.1, 0.15) is 0 Å². The summed E-state index contributed by atoms with van der Waals surface area (Å²) in [5.74, 6) is 0. The van der Waals surface area contributed by atoms with Crippen molar-refractivity contribution < 1.29 is 5.11 Å². The topological polar surface area (TPSA) is 50.9 Å². The van der Waals surface area contributed by atoms with Gasteiger partial charge in [0, 0.05) is 24.6 Å². The molecule has 0 aliphatic carbocycles. The van der Waals surface area contributed by atoms with Crippen LogP contribution in [-0.2, 0) is 13.0 Å². The van der Waals surface area contributed by atoms with Crippen molar-refractivity contribution in [3.8, 4) is 0 Å². The average Bonchev–Trinajstić information content (AvgIpc) is 2.86. The van der Waals surface area contributed by atoms with Gasteiger partial charge in [0.15, 0.2) is 0 Å². The summed E-state index contributed by atoms with van der Waals surface area (Å²) in [5, 5.41) is 14.4. The molecule has 0 aromatic carbocycles. The van der Waals surface area contributed by atoms with Gasteiger partial charge in [-0.3, -0.25) is 9.67 Å². The summed E-state index contributed by atoms with van der Waals surface area (Å²) in [7, 11) is 0. The smallest absolute Gasteiger partial charge is 0.0960 e. The molecule has 0 amide bonds. The third-order valence-corrected chi connectivity index (χ3v) is 2.93. The maximum absolute atomic E-state index is 10.2. The fraction of sp³-hybridized carbons (Fsp3) is 0.429. The minimum Gasteiger partial charge on any atom is -0.387 e. The Bertz CT molecular complexity index is 467.